The third-order valence-electron chi connectivity index (χ3n) is 3.37. The predicted octanol–water partition coefficient (Wildman–Crippen LogP) is 1.87. The first-order valence-electron chi connectivity index (χ1n) is 5.93. The maximum Gasteiger partial charge on any atom is 0.142 e. The molecule has 1 aromatic carbocycles. The zero-order valence-corrected chi connectivity index (χ0v) is 12.4. The Balaban J connectivity index is 2.17. The van der Waals surface area contributed by atoms with E-state index in [0.717, 1.165) is 35.7 Å². The molecular formula is C13H19BrN2O2. The standard InChI is InChI=1S/C13H19BrN2O2/c1-16(7-13(6-15)8-18-9-13)11-5-10(14)3-4-12(11)17-2/h3-5H,6-9,15H2,1-2H3. The molecule has 0 aromatic heterocycles. The van der Waals surface area contributed by atoms with Crippen LogP contribution in [0.1, 0.15) is 0 Å². The highest BCUT2D eigenvalue weighted by atomic mass is 79.9. The summed E-state index contributed by atoms with van der Waals surface area (Å²) in [6.45, 7) is 3.00. The molecule has 100 valence electrons. The Morgan fingerprint density at radius 1 is 1.50 bits per heavy atom. The smallest absolute Gasteiger partial charge is 0.142 e. The van der Waals surface area contributed by atoms with Crippen LogP contribution in [0.15, 0.2) is 22.7 Å². The predicted molar refractivity (Wildman–Crippen MR) is 76.3 cm³/mol. The highest BCUT2D eigenvalue weighted by Crippen LogP contribution is 2.34. The Kier molecular flexibility index (Phi) is 4.14. The summed E-state index contributed by atoms with van der Waals surface area (Å²) >= 11 is 3.49. The molecule has 0 atom stereocenters. The first kappa shape index (κ1) is 13.6. The van der Waals surface area contributed by atoms with Gasteiger partial charge in [0.15, 0.2) is 0 Å². The molecule has 4 nitrogen and oxygen atoms in total. The van der Waals surface area contributed by atoms with Crippen molar-refractivity contribution in [2.24, 2.45) is 11.1 Å². The second kappa shape index (κ2) is 5.47. The summed E-state index contributed by atoms with van der Waals surface area (Å²) in [6.07, 6.45) is 0. The maximum atomic E-state index is 5.85. The number of hydrogen-bond donors (Lipinski definition) is 1. The summed E-state index contributed by atoms with van der Waals surface area (Å²) in [6, 6.07) is 5.99. The van der Waals surface area contributed by atoms with E-state index in [-0.39, 0.29) is 5.41 Å². The fourth-order valence-corrected chi connectivity index (χ4v) is 2.56. The lowest BCUT2D eigenvalue weighted by Gasteiger charge is -2.43. The van der Waals surface area contributed by atoms with E-state index in [2.05, 4.69) is 33.9 Å². The van der Waals surface area contributed by atoms with Gasteiger partial charge in [-0.05, 0) is 18.2 Å². The number of nitrogens with two attached hydrogens (primary N) is 1. The number of halogens is 1. The van der Waals surface area contributed by atoms with Crippen LogP contribution in [-0.2, 0) is 4.74 Å². The van der Waals surface area contributed by atoms with Gasteiger partial charge >= 0.3 is 0 Å². The quantitative estimate of drug-likeness (QED) is 0.901. The molecule has 0 radical (unpaired) electrons. The normalized spacial score (nSPS) is 17.1. The van der Waals surface area contributed by atoms with Gasteiger partial charge in [0.05, 0.1) is 26.0 Å². The molecule has 1 saturated heterocycles. The zero-order chi connectivity index (χ0) is 13.2. The number of methoxy groups -OCH3 is 1. The van der Waals surface area contributed by atoms with E-state index in [1.165, 1.54) is 0 Å². The maximum absolute atomic E-state index is 5.85. The van der Waals surface area contributed by atoms with Gasteiger partial charge in [0.2, 0.25) is 0 Å². The number of anilines is 1. The van der Waals surface area contributed by atoms with Gasteiger partial charge in [0.1, 0.15) is 5.75 Å². The Labute approximate surface area is 116 Å². The van der Waals surface area contributed by atoms with Crippen LogP contribution < -0.4 is 15.4 Å². The summed E-state index contributed by atoms with van der Waals surface area (Å²) in [7, 11) is 3.74. The Bertz CT molecular complexity index is 416. The number of ether oxygens (including phenoxy) is 2. The molecule has 5 heteroatoms. The summed E-state index contributed by atoms with van der Waals surface area (Å²) < 4.78 is 11.7. The van der Waals surface area contributed by atoms with Crippen LogP contribution >= 0.6 is 15.9 Å². The van der Waals surface area contributed by atoms with Crippen molar-refractivity contribution in [3.05, 3.63) is 22.7 Å². The highest BCUT2D eigenvalue weighted by molar-refractivity contribution is 9.10. The molecule has 0 saturated carbocycles. The molecule has 2 N–H and O–H groups in total. The van der Waals surface area contributed by atoms with E-state index < -0.39 is 0 Å². The van der Waals surface area contributed by atoms with E-state index in [9.17, 15) is 0 Å². The average Bonchev–Trinajstić information content (AvgIpc) is 2.33. The number of hydrogen-bond acceptors (Lipinski definition) is 4. The fraction of sp³-hybridized carbons (Fsp3) is 0.538. The van der Waals surface area contributed by atoms with E-state index in [1.54, 1.807) is 7.11 Å². The first-order chi connectivity index (χ1) is 8.60. The minimum atomic E-state index is 0.0854. The van der Waals surface area contributed by atoms with Gasteiger partial charge in [-0.1, -0.05) is 15.9 Å². The number of nitrogens with zero attached hydrogens (tertiary/aromatic N) is 1. The van der Waals surface area contributed by atoms with Crippen molar-refractivity contribution in [2.45, 2.75) is 0 Å². The third kappa shape index (κ3) is 2.63. The van der Waals surface area contributed by atoms with Crippen LogP contribution in [0.25, 0.3) is 0 Å². The fourth-order valence-electron chi connectivity index (χ4n) is 2.21. The Morgan fingerprint density at radius 3 is 2.72 bits per heavy atom. The Morgan fingerprint density at radius 2 is 2.22 bits per heavy atom. The van der Waals surface area contributed by atoms with E-state index in [0.29, 0.717) is 6.54 Å². The monoisotopic (exact) mass is 314 g/mol. The van der Waals surface area contributed by atoms with Gasteiger partial charge in [-0.25, -0.2) is 0 Å². The van der Waals surface area contributed by atoms with Gasteiger partial charge < -0.3 is 20.1 Å². The molecule has 0 bridgehead atoms. The molecule has 18 heavy (non-hydrogen) atoms. The van der Waals surface area contributed by atoms with Crippen LogP contribution in [0.2, 0.25) is 0 Å². The summed E-state index contributed by atoms with van der Waals surface area (Å²) in [5, 5.41) is 0. The molecule has 1 aliphatic rings. The van der Waals surface area contributed by atoms with Gasteiger partial charge in [-0.3, -0.25) is 0 Å². The lowest BCUT2D eigenvalue weighted by Crippen LogP contribution is -2.54. The molecule has 1 aromatic rings. The summed E-state index contributed by atoms with van der Waals surface area (Å²) in [5.74, 6) is 0.869. The molecule has 0 aliphatic carbocycles. The van der Waals surface area contributed by atoms with E-state index >= 15 is 0 Å². The lowest BCUT2D eigenvalue weighted by atomic mass is 9.85. The molecule has 0 spiro atoms. The van der Waals surface area contributed by atoms with Crippen LogP contribution in [0.3, 0.4) is 0 Å². The first-order valence-corrected chi connectivity index (χ1v) is 6.72. The molecule has 0 amide bonds. The second-order valence-corrected chi connectivity index (χ2v) is 5.78. The highest BCUT2D eigenvalue weighted by Gasteiger charge is 2.38. The van der Waals surface area contributed by atoms with Gasteiger partial charge in [0, 0.05) is 30.0 Å². The third-order valence-corrected chi connectivity index (χ3v) is 3.87. The van der Waals surface area contributed by atoms with Crippen molar-refractivity contribution in [3.8, 4) is 5.75 Å². The number of benzene rings is 1. The van der Waals surface area contributed by atoms with Gasteiger partial charge in [-0.2, -0.15) is 0 Å². The largest absolute Gasteiger partial charge is 0.495 e. The van der Waals surface area contributed by atoms with Crippen molar-refractivity contribution in [1.82, 2.24) is 0 Å². The van der Waals surface area contributed by atoms with Crippen LogP contribution in [0, 0.1) is 5.41 Å². The number of rotatable bonds is 5. The summed E-state index contributed by atoms with van der Waals surface area (Å²) in [5.41, 5.74) is 7.00. The van der Waals surface area contributed by atoms with Crippen LogP contribution in [0.4, 0.5) is 5.69 Å². The van der Waals surface area contributed by atoms with E-state index in [1.807, 2.05) is 12.1 Å². The lowest BCUT2D eigenvalue weighted by molar-refractivity contribution is -0.101. The minimum Gasteiger partial charge on any atom is -0.495 e. The van der Waals surface area contributed by atoms with Gasteiger partial charge in [-0.15, -0.1) is 0 Å². The van der Waals surface area contributed by atoms with Crippen molar-refractivity contribution in [1.29, 1.82) is 0 Å². The van der Waals surface area contributed by atoms with Crippen molar-refractivity contribution >= 4 is 21.6 Å². The molecule has 2 rings (SSSR count). The van der Waals surface area contributed by atoms with Crippen LogP contribution in [-0.4, -0.2) is 40.5 Å². The molecule has 1 fully saturated rings. The molecule has 0 unspecified atom stereocenters. The van der Waals surface area contributed by atoms with Gasteiger partial charge in [0.25, 0.3) is 0 Å². The zero-order valence-electron chi connectivity index (χ0n) is 10.8. The van der Waals surface area contributed by atoms with E-state index in [4.69, 9.17) is 15.2 Å². The topological polar surface area (TPSA) is 47.7 Å². The van der Waals surface area contributed by atoms with Crippen molar-refractivity contribution < 1.29 is 9.47 Å². The summed E-state index contributed by atoms with van der Waals surface area (Å²) in [4.78, 5) is 2.18. The second-order valence-electron chi connectivity index (χ2n) is 4.87. The SMILES string of the molecule is COc1ccc(Br)cc1N(C)CC1(CN)COC1. The average molecular weight is 315 g/mol. The Hall–Kier alpha value is -0.780. The van der Waals surface area contributed by atoms with Crippen LogP contribution in [0.5, 0.6) is 5.75 Å². The minimum absolute atomic E-state index is 0.0854. The molecule has 1 aliphatic heterocycles. The molecule has 1 heterocycles. The van der Waals surface area contributed by atoms with Crippen molar-refractivity contribution in [3.63, 3.8) is 0 Å². The van der Waals surface area contributed by atoms with Crippen molar-refractivity contribution in [2.75, 3.05) is 45.4 Å². The molecular weight excluding hydrogens is 296 g/mol.